The SMILES string of the molecule is O=C(NC(c1cccc2ccccc12)C(O)(c1ccccc1)c1ccccc1)C(=O)NC(c1cccc2ccccc12)C(O)(c1ccccc1)c1ccccc1. The summed E-state index contributed by atoms with van der Waals surface area (Å²) < 4.78 is 0. The first kappa shape index (κ1) is 36.1. The summed E-state index contributed by atoms with van der Waals surface area (Å²) in [7, 11) is 0. The highest BCUT2D eigenvalue weighted by Gasteiger charge is 2.46. The maximum atomic E-state index is 14.7. The monoisotopic (exact) mass is 732 g/mol. The molecule has 2 amide bonds. The lowest BCUT2D eigenvalue weighted by molar-refractivity contribution is -0.142. The first-order valence-corrected chi connectivity index (χ1v) is 18.6. The molecule has 0 radical (unpaired) electrons. The van der Waals surface area contributed by atoms with E-state index in [1.54, 1.807) is 0 Å². The van der Waals surface area contributed by atoms with Gasteiger partial charge in [0.1, 0.15) is 11.2 Å². The van der Waals surface area contributed by atoms with Gasteiger partial charge in [0.15, 0.2) is 0 Å². The van der Waals surface area contributed by atoms with E-state index in [1.165, 1.54) is 0 Å². The number of benzene rings is 8. The van der Waals surface area contributed by atoms with Crippen LogP contribution < -0.4 is 10.6 Å². The molecule has 0 fully saturated rings. The van der Waals surface area contributed by atoms with E-state index >= 15 is 0 Å². The molecular formula is C50H40N2O4. The summed E-state index contributed by atoms with van der Waals surface area (Å²) in [6, 6.07) is 61.3. The molecule has 56 heavy (non-hydrogen) atoms. The predicted octanol–water partition coefficient (Wildman–Crippen LogP) is 8.88. The predicted molar refractivity (Wildman–Crippen MR) is 221 cm³/mol. The molecule has 0 bridgehead atoms. The second-order valence-corrected chi connectivity index (χ2v) is 13.9. The lowest BCUT2D eigenvalue weighted by atomic mass is 9.76. The van der Waals surface area contributed by atoms with Gasteiger partial charge in [0.05, 0.1) is 12.1 Å². The Morgan fingerprint density at radius 3 is 0.946 bits per heavy atom. The molecule has 8 aromatic rings. The fourth-order valence-electron chi connectivity index (χ4n) is 7.98. The minimum Gasteiger partial charge on any atom is -0.378 e. The second-order valence-electron chi connectivity index (χ2n) is 13.9. The summed E-state index contributed by atoms with van der Waals surface area (Å²) in [6.45, 7) is 0. The van der Waals surface area contributed by atoms with E-state index in [9.17, 15) is 19.8 Å². The Balaban J connectivity index is 1.28. The normalized spacial score (nSPS) is 12.8. The molecule has 0 spiro atoms. The van der Waals surface area contributed by atoms with Crippen LogP contribution in [0.25, 0.3) is 21.5 Å². The molecule has 6 heteroatoms. The molecule has 8 aromatic carbocycles. The minimum atomic E-state index is -1.83. The molecule has 0 aliphatic heterocycles. The molecule has 0 heterocycles. The highest BCUT2D eigenvalue weighted by molar-refractivity contribution is 6.35. The van der Waals surface area contributed by atoms with Crippen LogP contribution in [-0.2, 0) is 20.8 Å². The van der Waals surface area contributed by atoms with Crippen LogP contribution in [0.3, 0.4) is 0 Å². The van der Waals surface area contributed by atoms with Crippen molar-refractivity contribution < 1.29 is 19.8 Å². The van der Waals surface area contributed by atoms with E-state index in [1.807, 2.05) is 206 Å². The van der Waals surface area contributed by atoms with Crippen molar-refractivity contribution in [1.82, 2.24) is 10.6 Å². The topological polar surface area (TPSA) is 98.7 Å². The van der Waals surface area contributed by atoms with Gasteiger partial charge in [-0.25, -0.2) is 0 Å². The van der Waals surface area contributed by atoms with Gasteiger partial charge in [-0.05, 0) is 54.9 Å². The Bertz CT molecular complexity index is 2340. The summed E-state index contributed by atoms with van der Waals surface area (Å²) >= 11 is 0. The molecule has 6 nitrogen and oxygen atoms in total. The quantitative estimate of drug-likeness (QED) is 0.106. The Labute approximate surface area is 325 Å². The maximum absolute atomic E-state index is 14.7. The van der Waals surface area contributed by atoms with Gasteiger partial charge in [-0.15, -0.1) is 0 Å². The number of hydrogen-bond acceptors (Lipinski definition) is 4. The minimum absolute atomic E-state index is 0.529. The van der Waals surface area contributed by atoms with Gasteiger partial charge < -0.3 is 20.8 Å². The second kappa shape index (κ2) is 15.5. The highest BCUT2D eigenvalue weighted by atomic mass is 16.3. The molecule has 2 atom stereocenters. The van der Waals surface area contributed by atoms with E-state index in [0.717, 1.165) is 21.5 Å². The van der Waals surface area contributed by atoms with E-state index in [0.29, 0.717) is 33.4 Å². The van der Waals surface area contributed by atoms with Gasteiger partial charge in [-0.2, -0.15) is 0 Å². The molecule has 274 valence electrons. The number of nitrogens with one attached hydrogen (secondary N) is 2. The van der Waals surface area contributed by atoms with Gasteiger partial charge >= 0.3 is 11.8 Å². The van der Waals surface area contributed by atoms with Crippen molar-refractivity contribution in [3.8, 4) is 0 Å². The van der Waals surface area contributed by atoms with Crippen molar-refractivity contribution in [2.75, 3.05) is 0 Å². The Kier molecular flexibility index (Phi) is 9.99. The third-order valence-corrected chi connectivity index (χ3v) is 10.7. The number of carbonyl (C=O) groups excluding carboxylic acids is 2. The number of aliphatic hydroxyl groups is 2. The van der Waals surface area contributed by atoms with Crippen molar-refractivity contribution in [3.63, 3.8) is 0 Å². The molecule has 0 aromatic heterocycles. The Morgan fingerprint density at radius 2 is 0.625 bits per heavy atom. The molecule has 0 saturated heterocycles. The van der Waals surface area contributed by atoms with E-state index in [4.69, 9.17) is 0 Å². The summed E-state index contributed by atoms with van der Waals surface area (Å²) in [5.41, 5.74) is -0.298. The van der Waals surface area contributed by atoms with Gasteiger partial charge in [0.2, 0.25) is 0 Å². The van der Waals surface area contributed by atoms with Crippen molar-refractivity contribution in [3.05, 3.63) is 240 Å². The summed E-state index contributed by atoms with van der Waals surface area (Å²) in [4.78, 5) is 29.4. The smallest absolute Gasteiger partial charge is 0.309 e. The number of fused-ring (bicyclic) bond motifs is 2. The van der Waals surface area contributed by atoms with E-state index < -0.39 is 35.1 Å². The first-order chi connectivity index (χ1) is 27.4. The molecule has 4 N–H and O–H groups in total. The summed E-state index contributed by atoms with van der Waals surface area (Å²) in [5.74, 6) is -1.97. The van der Waals surface area contributed by atoms with Crippen molar-refractivity contribution >= 4 is 33.4 Å². The van der Waals surface area contributed by atoms with Crippen molar-refractivity contribution in [2.24, 2.45) is 0 Å². The van der Waals surface area contributed by atoms with Crippen LogP contribution in [0.15, 0.2) is 206 Å². The standard InChI is InChI=1S/C50H40N2O4/c53-47(51-45(43-33-17-21-35-19-13-15-31-41(35)43)49(55,37-23-5-1-6-24-37)38-25-7-2-8-26-38)48(54)52-46(44-34-18-22-36-20-14-16-32-42(36)44)50(56,39-27-9-3-10-28-39)40-29-11-4-12-30-40/h1-34,45-46,55-56H,(H,51,53)(H,52,54). The van der Waals surface area contributed by atoms with Crippen LogP contribution in [0.5, 0.6) is 0 Å². The fourth-order valence-corrected chi connectivity index (χ4v) is 7.98. The summed E-state index contributed by atoms with van der Waals surface area (Å²) in [5, 5.41) is 35.8. The van der Waals surface area contributed by atoms with Gasteiger partial charge in [-0.1, -0.05) is 206 Å². The fraction of sp³-hybridized carbons (Fsp3) is 0.0800. The Morgan fingerprint density at radius 1 is 0.357 bits per heavy atom. The number of hydrogen-bond donors (Lipinski definition) is 4. The lowest BCUT2D eigenvalue weighted by Crippen LogP contribution is -2.52. The van der Waals surface area contributed by atoms with Crippen LogP contribution >= 0.6 is 0 Å². The summed E-state index contributed by atoms with van der Waals surface area (Å²) in [6.07, 6.45) is 0. The largest absolute Gasteiger partial charge is 0.378 e. The zero-order valence-electron chi connectivity index (χ0n) is 30.5. The van der Waals surface area contributed by atoms with Crippen molar-refractivity contribution in [2.45, 2.75) is 23.3 Å². The van der Waals surface area contributed by atoms with Gasteiger partial charge in [0.25, 0.3) is 0 Å². The van der Waals surface area contributed by atoms with Crippen LogP contribution in [-0.4, -0.2) is 22.0 Å². The van der Waals surface area contributed by atoms with Crippen LogP contribution in [0.4, 0.5) is 0 Å². The lowest BCUT2D eigenvalue weighted by Gasteiger charge is -2.40. The van der Waals surface area contributed by atoms with Crippen LogP contribution in [0.1, 0.15) is 45.5 Å². The molecule has 0 saturated carbocycles. The Hall–Kier alpha value is -6.86. The number of rotatable bonds is 10. The van der Waals surface area contributed by atoms with Gasteiger partial charge in [0, 0.05) is 0 Å². The van der Waals surface area contributed by atoms with Gasteiger partial charge in [-0.3, -0.25) is 9.59 Å². The molecule has 0 aliphatic rings. The van der Waals surface area contributed by atoms with Crippen molar-refractivity contribution in [1.29, 1.82) is 0 Å². The van der Waals surface area contributed by atoms with Crippen LogP contribution in [0.2, 0.25) is 0 Å². The maximum Gasteiger partial charge on any atom is 0.309 e. The first-order valence-electron chi connectivity index (χ1n) is 18.6. The number of amides is 2. The number of carbonyl (C=O) groups is 2. The molecule has 2 unspecified atom stereocenters. The highest BCUT2D eigenvalue weighted by Crippen LogP contribution is 2.45. The molecule has 8 rings (SSSR count). The molecular weight excluding hydrogens is 693 g/mol. The van der Waals surface area contributed by atoms with E-state index in [-0.39, 0.29) is 0 Å². The van der Waals surface area contributed by atoms with Crippen LogP contribution in [0, 0.1) is 0 Å². The van der Waals surface area contributed by atoms with E-state index in [2.05, 4.69) is 10.6 Å². The average molecular weight is 733 g/mol. The zero-order chi connectivity index (χ0) is 38.5. The third-order valence-electron chi connectivity index (χ3n) is 10.7. The molecule has 0 aliphatic carbocycles. The zero-order valence-corrected chi connectivity index (χ0v) is 30.5. The average Bonchev–Trinajstić information content (AvgIpc) is 3.27. The third kappa shape index (κ3) is 6.62.